The molecule has 1 aliphatic heterocycles. The topological polar surface area (TPSA) is 99.3 Å². The lowest BCUT2D eigenvalue weighted by Crippen LogP contribution is -2.41. The van der Waals surface area contributed by atoms with E-state index in [-0.39, 0.29) is 11.5 Å². The van der Waals surface area contributed by atoms with E-state index in [1.807, 2.05) is 0 Å². The van der Waals surface area contributed by atoms with Crippen molar-refractivity contribution in [3.05, 3.63) is 57.4 Å². The molecule has 1 aromatic carbocycles. The summed E-state index contributed by atoms with van der Waals surface area (Å²) in [7, 11) is 0. The van der Waals surface area contributed by atoms with Gasteiger partial charge in [0.1, 0.15) is 5.54 Å². The summed E-state index contributed by atoms with van der Waals surface area (Å²) in [6, 6.07) is 5.92. The number of nitrogens with zero attached hydrogens (tertiary/aromatic N) is 1. The van der Waals surface area contributed by atoms with Gasteiger partial charge in [0.05, 0.1) is 12.2 Å². The van der Waals surface area contributed by atoms with Gasteiger partial charge in [0.15, 0.2) is 11.6 Å². The van der Waals surface area contributed by atoms with Crippen molar-refractivity contribution in [3.8, 4) is 0 Å². The number of amides is 3. The van der Waals surface area contributed by atoms with Gasteiger partial charge in [-0.2, -0.15) is 0 Å². The minimum absolute atomic E-state index is 0.157. The first-order chi connectivity index (χ1) is 13.1. The maximum Gasteiger partial charge on any atom is 0.325 e. The van der Waals surface area contributed by atoms with Gasteiger partial charge < -0.3 is 10.3 Å². The van der Waals surface area contributed by atoms with E-state index in [9.17, 15) is 19.2 Å². The lowest BCUT2D eigenvalue weighted by atomic mass is 9.92. The first kappa shape index (κ1) is 19.8. The second-order valence-electron chi connectivity index (χ2n) is 7.06. The number of nitrogens with one attached hydrogen (secondary N) is 2. The molecule has 1 unspecified atom stereocenters. The minimum atomic E-state index is -1.28. The van der Waals surface area contributed by atoms with Crippen molar-refractivity contribution in [2.45, 2.75) is 33.2 Å². The van der Waals surface area contributed by atoms with Crippen LogP contribution in [0.1, 0.15) is 51.5 Å². The van der Waals surface area contributed by atoms with Crippen LogP contribution in [-0.2, 0) is 10.3 Å². The Bertz CT molecular complexity index is 1010. The third kappa shape index (κ3) is 3.11. The van der Waals surface area contributed by atoms with Crippen molar-refractivity contribution in [2.75, 3.05) is 6.54 Å². The molecule has 0 radical (unpaired) electrons. The summed E-state index contributed by atoms with van der Waals surface area (Å²) in [5, 5.41) is 3.16. The van der Waals surface area contributed by atoms with Gasteiger partial charge in [-0.15, -0.1) is 0 Å². The highest BCUT2D eigenvalue weighted by molar-refractivity contribution is 6.30. The van der Waals surface area contributed by atoms with Crippen LogP contribution in [0.3, 0.4) is 0 Å². The number of carbonyl (C=O) groups excluding carboxylic acids is 4. The van der Waals surface area contributed by atoms with Gasteiger partial charge in [-0.1, -0.05) is 23.7 Å². The summed E-state index contributed by atoms with van der Waals surface area (Å²) in [5.74, 6) is -1.13. The largest absolute Gasteiger partial charge is 0.355 e. The van der Waals surface area contributed by atoms with Crippen LogP contribution in [0, 0.1) is 13.8 Å². The van der Waals surface area contributed by atoms with E-state index in [0.29, 0.717) is 27.4 Å². The monoisotopic (exact) mass is 401 g/mol. The van der Waals surface area contributed by atoms with Gasteiger partial charge >= 0.3 is 6.03 Å². The number of aromatic amines is 1. The van der Waals surface area contributed by atoms with Crippen LogP contribution < -0.4 is 5.32 Å². The fourth-order valence-electron chi connectivity index (χ4n) is 3.60. The summed E-state index contributed by atoms with van der Waals surface area (Å²) in [4.78, 5) is 53.7. The third-order valence-corrected chi connectivity index (χ3v) is 5.32. The average Bonchev–Trinajstić information content (AvgIpc) is 3.03. The highest BCUT2D eigenvalue weighted by atomic mass is 35.5. The summed E-state index contributed by atoms with van der Waals surface area (Å²) < 4.78 is 0. The van der Waals surface area contributed by atoms with E-state index in [2.05, 4.69) is 10.3 Å². The first-order valence-corrected chi connectivity index (χ1v) is 9.07. The first-order valence-electron chi connectivity index (χ1n) is 8.69. The molecular weight excluding hydrogens is 382 g/mol. The SMILES string of the molecule is CC(=O)c1c(C)[nH]c(C(=O)CN2C(=O)NC(C)(c3ccc(Cl)cc3)C2=O)c1C. The number of urea groups is 1. The minimum Gasteiger partial charge on any atom is -0.355 e. The smallest absolute Gasteiger partial charge is 0.325 e. The number of ketones is 2. The highest BCUT2D eigenvalue weighted by Crippen LogP contribution is 2.30. The Kier molecular flexibility index (Phi) is 4.89. The summed E-state index contributed by atoms with van der Waals surface area (Å²) in [6.45, 7) is 5.94. The number of benzene rings is 1. The van der Waals surface area contributed by atoms with E-state index in [0.717, 1.165) is 4.90 Å². The van der Waals surface area contributed by atoms with E-state index < -0.39 is 29.8 Å². The van der Waals surface area contributed by atoms with Crippen molar-refractivity contribution in [1.82, 2.24) is 15.2 Å². The van der Waals surface area contributed by atoms with E-state index in [1.54, 1.807) is 45.0 Å². The molecule has 2 aromatic rings. The van der Waals surface area contributed by atoms with Gasteiger partial charge in [-0.25, -0.2) is 4.79 Å². The fraction of sp³-hybridized carbons (Fsp3) is 0.300. The number of imide groups is 1. The van der Waals surface area contributed by atoms with Gasteiger partial charge in [0.25, 0.3) is 5.91 Å². The predicted octanol–water partition coefficient (Wildman–Crippen LogP) is 3.14. The molecule has 28 heavy (non-hydrogen) atoms. The second kappa shape index (κ2) is 6.91. The van der Waals surface area contributed by atoms with Gasteiger partial charge in [0, 0.05) is 16.3 Å². The summed E-state index contributed by atoms with van der Waals surface area (Å²) >= 11 is 5.89. The van der Waals surface area contributed by atoms with Crippen LogP contribution >= 0.6 is 11.6 Å². The Morgan fingerprint density at radius 3 is 2.29 bits per heavy atom. The lowest BCUT2D eigenvalue weighted by Gasteiger charge is -2.22. The number of rotatable bonds is 5. The second-order valence-corrected chi connectivity index (χ2v) is 7.49. The number of hydrogen-bond acceptors (Lipinski definition) is 4. The van der Waals surface area contributed by atoms with Crippen molar-refractivity contribution >= 4 is 35.1 Å². The summed E-state index contributed by atoms with van der Waals surface area (Å²) in [5.41, 5.74) is 1.05. The van der Waals surface area contributed by atoms with Gasteiger partial charge in [-0.05, 0) is 51.0 Å². The maximum atomic E-state index is 12.9. The van der Waals surface area contributed by atoms with Crippen LogP contribution in [0.4, 0.5) is 4.79 Å². The molecule has 2 N–H and O–H groups in total. The van der Waals surface area contributed by atoms with E-state index in [1.165, 1.54) is 6.92 Å². The number of halogens is 1. The molecule has 1 saturated heterocycles. The number of H-pyrrole nitrogens is 1. The van der Waals surface area contributed by atoms with Gasteiger partial charge in [-0.3, -0.25) is 19.3 Å². The molecule has 3 rings (SSSR count). The normalized spacial score (nSPS) is 19.1. The Morgan fingerprint density at radius 1 is 1.14 bits per heavy atom. The van der Waals surface area contributed by atoms with Crippen molar-refractivity contribution in [1.29, 1.82) is 0 Å². The van der Waals surface area contributed by atoms with Gasteiger partial charge in [0.2, 0.25) is 0 Å². The molecule has 0 saturated carbocycles. The lowest BCUT2D eigenvalue weighted by molar-refractivity contribution is -0.130. The molecule has 0 bridgehead atoms. The standard InChI is InChI=1S/C20H20ClN3O4/c1-10-16(12(3)25)11(2)22-17(10)15(26)9-24-18(27)20(4,23-19(24)28)13-5-7-14(21)8-6-13/h5-8,22H,9H2,1-4H3,(H,23,28). The Hall–Kier alpha value is -2.93. The molecule has 2 heterocycles. The molecule has 1 fully saturated rings. The van der Waals surface area contributed by atoms with Crippen LogP contribution in [-0.4, -0.2) is 39.9 Å². The molecule has 1 atom stereocenters. The zero-order valence-electron chi connectivity index (χ0n) is 16.0. The zero-order valence-corrected chi connectivity index (χ0v) is 16.7. The van der Waals surface area contributed by atoms with Crippen LogP contribution in [0.25, 0.3) is 0 Å². The molecule has 1 aliphatic rings. The van der Waals surface area contributed by atoms with Crippen molar-refractivity contribution in [2.24, 2.45) is 0 Å². The van der Waals surface area contributed by atoms with Crippen molar-refractivity contribution in [3.63, 3.8) is 0 Å². The maximum absolute atomic E-state index is 12.9. The number of aryl methyl sites for hydroxylation is 1. The molecule has 0 aliphatic carbocycles. The molecule has 3 amide bonds. The fourth-order valence-corrected chi connectivity index (χ4v) is 3.73. The number of hydrogen-bond donors (Lipinski definition) is 2. The highest BCUT2D eigenvalue weighted by Gasteiger charge is 2.49. The molecule has 0 spiro atoms. The molecular formula is C20H20ClN3O4. The number of aromatic nitrogens is 1. The average molecular weight is 402 g/mol. The van der Waals surface area contributed by atoms with Crippen LogP contribution in [0.15, 0.2) is 24.3 Å². The molecule has 7 nitrogen and oxygen atoms in total. The summed E-state index contributed by atoms with van der Waals surface area (Å²) in [6.07, 6.45) is 0. The molecule has 146 valence electrons. The van der Waals surface area contributed by atoms with Crippen molar-refractivity contribution < 1.29 is 19.2 Å². The van der Waals surface area contributed by atoms with E-state index in [4.69, 9.17) is 11.6 Å². The quantitative estimate of drug-likeness (QED) is 0.593. The molecule has 1 aromatic heterocycles. The van der Waals surface area contributed by atoms with E-state index >= 15 is 0 Å². The Balaban J connectivity index is 1.87. The number of carbonyl (C=O) groups is 4. The Morgan fingerprint density at radius 2 is 1.75 bits per heavy atom. The third-order valence-electron chi connectivity index (χ3n) is 5.07. The van der Waals surface area contributed by atoms with Crippen LogP contribution in [0.5, 0.6) is 0 Å². The predicted molar refractivity (Wildman–Crippen MR) is 104 cm³/mol. The zero-order chi connectivity index (χ0) is 20.8. The molecule has 8 heteroatoms. The van der Waals surface area contributed by atoms with Crippen LogP contribution in [0.2, 0.25) is 5.02 Å². The number of Topliss-reactive ketones (excluding diaryl/α,β-unsaturated/α-hetero) is 2. The Labute approximate surface area is 167 Å².